The maximum Gasteiger partial charge on any atom is 4.00 e. The molecule has 8 heavy (non-hydrogen) atoms. The van der Waals surface area contributed by atoms with Crippen molar-refractivity contribution >= 4 is 23.9 Å². The van der Waals surface area contributed by atoms with Crippen molar-refractivity contribution in [2.45, 2.75) is 0 Å². The van der Waals surface area contributed by atoms with E-state index >= 15 is 0 Å². The minimum atomic E-state index is -0.859. The first kappa shape index (κ1) is 10.7. The van der Waals surface area contributed by atoms with Gasteiger partial charge in [0.2, 0.25) is 0 Å². The zero-order chi connectivity index (χ0) is 5.70. The van der Waals surface area contributed by atoms with Crippen molar-refractivity contribution in [2.24, 2.45) is 0 Å². The van der Waals surface area contributed by atoms with Crippen LogP contribution in [0.5, 0.6) is 0 Å². The first-order chi connectivity index (χ1) is 3.27. The Morgan fingerprint density at radius 3 is 2.50 bits per heavy atom. The molecule has 4 nitrogen and oxygen atoms in total. The Morgan fingerprint density at radius 2 is 2.38 bits per heavy atom. The maximum absolute atomic E-state index is 9.29. The molecule has 0 aromatic heterocycles. The second-order valence-corrected chi connectivity index (χ2v) is 0.808. The van der Waals surface area contributed by atoms with Crippen molar-refractivity contribution in [1.82, 2.24) is 0 Å². The van der Waals surface area contributed by atoms with Gasteiger partial charge in [-0.05, 0) is 0 Å². The van der Waals surface area contributed by atoms with Crippen LogP contribution in [0.3, 0.4) is 0 Å². The summed E-state index contributed by atoms with van der Waals surface area (Å²) in [6.07, 6.45) is 1.31. The summed E-state index contributed by atoms with van der Waals surface area (Å²) in [6.45, 7) is 3.17. The van der Waals surface area contributed by atoms with E-state index in [0.29, 0.717) is 0 Å². The number of nitrogens with zero attached hydrogens (tertiary/aromatic N) is 1. The molecule has 0 heterocycles. The summed E-state index contributed by atoms with van der Waals surface area (Å²) in [7, 11) is 0. The van der Waals surface area contributed by atoms with Crippen LogP contribution >= 0.6 is 0 Å². The zero-order valence-corrected chi connectivity index (χ0v) is 7.02. The minimum absolute atomic E-state index is 0. The molecule has 0 aliphatic rings. The molecule has 0 aromatic carbocycles. The fourth-order valence-corrected chi connectivity index (χ4v) is 0.114. The van der Waals surface area contributed by atoms with E-state index in [9.17, 15) is 10.1 Å². The van der Waals surface area contributed by atoms with E-state index in [4.69, 9.17) is 0 Å². The van der Waals surface area contributed by atoms with Crippen LogP contribution in [0.1, 0.15) is 0 Å². The largest absolute Gasteiger partial charge is 4.00 e. The quantitative estimate of drug-likeness (QED) is 0.292. The molecule has 0 saturated heterocycles. The SMILES string of the molecule is C=CCO[N+](=O)[O-].[Sn+4]. The van der Waals surface area contributed by atoms with Gasteiger partial charge in [-0.25, -0.2) is 0 Å². The fourth-order valence-electron chi connectivity index (χ4n) is 0.114. The van der Waals surface area contributed by atoms with E-state index in [-0.39, 0.29) is 30.5 Å². The van der Waals surface area contributed by atoms with Crippen LogP contribution in [0, 0.1) is 10.1 Å². The predicted molar refractivity (Wildman–Crippen MR) is 28.9 cm³/mol. The third-order valence-electron chi connectivity index (χ3n) is 0.298. The number of hydrogen-bond donors (Lipinski definition) is 0. The Morgan fingerprint density at radius 1 is 1.88 bits per heavy atom. The maximum atomic E-state index is 9.29. The van der Waals surface area contributed by atoms with Crippen LogP contribution in [0.4, 0.5) is 0 Å². The van der Waals surface area contributed by atoms with Crippen LogP contribution < -0.4 is 0 Å². The zero-order valence-electron chi connectivity index (χ0n) is 4.16. The molecule has 0 N–H and O–H groups in total. The molecular formula is C3H5NO3Sn+4. The van der Waals surface area contributed by atoms with Gasteiger partial charge in [-0.15, -0.1) is 16.7 Å². The van der Waals surface area contributed by atoms with Crippen LogP contribution in [-0.2, 0) is 4.84 Å². The standard InChI is InChI=1S/C3H5NO3.Sn/c1-2-3-7-4(5)6;/h2H,1,3H2;/q;+4. The Hall–Kier alpha value is -0.261. The fraction of sp³-hybridized carbons (Fsp3) is 0.333. The van der Waals surface area contributed by atoms with Gasteiger partial charge in [0.15, 0.2) is 0 Å². The molecule has 0 rings (SSSR count). The summed E-state index contributed by atoms with van der Waals surface area (Å²) in [5.41, 5.74) is 0. The second kappa shape index (κ2) is 6.74. The smallest absolute Gasteiger partial charge is 0.310 e. The Balaban J connectivity index is 0. The van der Waals surface area contributed by atoms with E-state index in [2.05, 4.69) is 11.4 Å². The normalized spacial score (nSPS) is 6.50. The monoisotopic (exact) mass is 223 g/mol. The molecule has 0 radical (unpaired) electrons. The van der Waals surface area contributed by atoms with E-state index in [1.54, 1.807) is 0 Å². The molecule has 40 valence electrons. The topological polar surface area (TPSA) is 52.4 Å². The minimum Gasteiger partial charge on any atom is -0.310 e. The van der Waals surface area contributed by atoms with Gasteiger partial charge >= 0.3 is 23.9 Å². The van der Waals surface area contributed by atoms with Gasteiger partial charge in [0, 0.05) is 0 Å². The average molecular weight is 222 g/mol. The summed E-state index contributed by atoms with van der Waals surface area (Å²) >= 11 is 0. The summed E-state index contributed by atoms with van der Waals surface area (Å²) in [4.78, 5) is 13.1. The first-order valence-electron chi connectivity index (χ1n) is 1.65. The molecule has 0 unspecified atom stereocenters. The Kier molecular flexibility index (Phi) is 8.99. The van der Waals surface area contributed by atoms with Crippen LogP contribution in [0.2, 0.25) is 0 Å². The summed E-state index contributed by atoms with van der Waals surface area (Å²) < 4.78 is 0. The predicted octanol–water partition coefficient (Wildman–Crippen LogP) is -0.000100. The van der Waals surface area contributed by atoms with Gasteiger partial charge in [-0.3, -0.25) is 0 Å². The van der Waals surface area contributed by atoms with E-state index in [1.165, 1.54) is 6.08 Å². The molecule has 0 amide bonds. The Bertz CT molecular complexity index is 84.6. The van der Waals surface area contributed by atoms with Gasteiger partial charge in [-0.2, -0.15) is 0 Å². The van der Waals surface area contributed by atoms with Gasteiger partial charge in [-0.1, -0.05) is 6.08 Å². The Labute approximate surface area is 63.6 Å². The number of hydrogen-bond acceptors (Lipinski definition) is 3. The van der Waals surface area contributed by atoms with E-state index < -0.39 is 5.09 Å². The van der Waals surface area contributed by atoms with Gasteiger partial charge in [0.1, 0.15) is 6.61 Å². The molecule has 0 aliphatic heterocycles. The molecule has 0 saturated carbocycles. The van der Waals surface area contributed by atoms with Crippen LogP contribution in [-0.4, -0.2) is 35.6 Å². The van der Waals surface area contributed by atoms with Crippen molar-refractivity contribution in [1.29, 1.82) is 0 Å². The van der Waals surface area contributed by atoms with Crippen molar-refractivity contribution in [2.75, 3.05) is 6.61 Å². The first-order valence-corrected chi connectivity index (χ1v) is 1.65. The third-order valence-corrected chi connectivity index (χ3v) is 0.298. The van der Waals surface area contributed by atoms with Crippen molar-refractivity contribution < 1.29 is 9.92 Å². The van der Waals surface area contributed by atoms with E-state index in [1.807, 2.05) is 0 Å². The van der Waals surface area contributed by atoms with Gasteiger partial charge in [0.05, 0.1) is 0 Å². The summed E-state index contributed by atoms with van der Waals surface area (Å²) in [5, 5.41) is 8.43. The van der Waals surface area contributed by atoms with E-state index in [0.717, 1.165) is 0 Å². The third kappa shape index (κ3) is 9.22. The molecule has 0 aromatic rings. The molecule has 0 fully saturated rings. The van der Waals surface area contributed by atoms with Gasteiger partial charge in [0.25, 0.3) is 5.09 Å². The average Bonchev–Trinajstić information content (AvgIpc) is 1.61. The molecule has 0 aliphatic carbocycles. The van der Waals surface area contributed by atoms with Crippen LogP contribution in [0.25, 0.3) is 0 Å². The van der Waals surface area contributed by atoms with Gasteiger partial charge < -0.3 is 4.84 Å². The molecular weight excluding hydrogens is 217 g/mol. The molecule has 0 spiro atoms. The van der Waals surface area contributed by atoms with Crippen molar-refractivity contribution in [3.05, 3.63) is 22.8 Å². The van der Waals surface area contributed by atoms with Crippen LogP contribution in [0.15, 0.2) is 12.7 Å². The van der Waals surface area contributed by atoms with Crippen molar-refractivity contribution in [3.8, 4) is 0 Å². The molecule has 5 heteroatoms. The number of rotatable bonds is 3. The molecule has 0 bridgehead atoms. The second-order valence-electron chi connectivity index (χ2n) is 0.808. The molecule has 0 atom stereocenters. The van der Waals surface area contributed by atoms with Crippen molar-refractivity contribution in [3.63, 3.8) is 0 Å². The summed E-state index contributed by atoms with van der Waals surface area (Å²) in [6, 6.07) is 0. The summed E-state index contributed by atoms with van der Waals surface area (Å²) in [5.74, 6) is 0.